The standard InChI is InChI=1S/C13H20N2O2/c1-10(15(2)9-8-12(14)16)13(17)11-6-4-3-5-7-11/h3-7,10,13,17H,8-9H2,1-2H3,(H2,14,16). The average molecular weight is 236 g/mol. The Morgan fingerprint density at radius 1 is 1.41 bits per heavy atom. The van der Waals surface area contributed by atoms with Crippen molar-refractivity contribution in [2.24, 2.45) is 5.73 Å². The van der Waals surface area contributed by atoms with E-state index < -0.39 is 6.10 Å². The highest BCUT2D eigenvalue weighted by Crippen LogP contribution is 2.19. The second-order valence-corrected chi connectivity index (χ2v) is 4.29. The van der Waals surface area contributed by atoms with Gasteiger partial charge in [0.1, 0.15) is 0 Å². The summed E-state index contributed by atoms with van der Waals surface area (Å²) < 4.78 is 0. The maximum atomic E-state index is 10.7. The van der Waals surface area contributed by atoms with Crippen molar-refractivity contribution in [3.63, 3.8) is 0 Å². The molecule has 2 atom stereocenters. The van der Waals surface area contributed by atoms with Crippen LogP contribution in [-0.2, 0) is 4.79 Å². The normalized spacial score (nSPS) is 14.6. The fraction of sp³-hybridized carbons (Fsp3) is 0.462. The maximum absolute atomic E-state index is 10.7. The lowest BCUT2D eigenvalue weighted by atomic mass is 10.0. The molecule has 0 radical (unpaired) electrons. The average Bonchev–Trinajstić information content (AvgIpc) is 2.35. The van der Waals surface area contributed by atoms with Gasteiger partial charge in [-0.2, -0.15) is 0 Å². The van der Waals surface area contributed by atoms with Crippen molar-refractivity contribution in [1.82, 2.24) is 4.90 Å². The summed E-state index contributed by atoms with van der Waals surface area (Å²) in [5, 5.41) is 10.2. The highest BCUT2D eigenvalue weighted by Gasteiger charge is 2.20. The number of aliphatic hydroxyl groups excluding tert-OH is 1. The number of carbonyl (C=O) groups excluding carboxylic acids is 1. The zero-order valence-electron chi connectivity index (χ0n) is 10.3. The minimum absolute atomic E-state index is 0.0586. The SMILES string of the molecule is CC(C(O)c1ccccc1)N(C)CCC(N)=O. The highest BCUT2D eigenvalue weighted by atomic mass is 16.3. The number of rotatable bonds is 6. The van der Waals surface area contributed by atoms with Crippen LogP contribution in [0.3, 0.4) is 0 Å². The van der Waals surface area contributed by atoms with Gasteiger partial charge < -0.3 is 15.7 Å². The summed E-state index contributed by atoms with van der Waals surface area (Å²) in [5.74, 6) is -0.321. The molecular weight excluding hydrogens is 216 g/mol. The number of carbonyl (C=O) groups is 1. The molecule has 3 N–H and O–H groups in total. The monoisotopic (exact) mass is 236 g/mol. The van der Waals surface area contributed by atoms with Crippen LogP contribution in [0.4, 0.5) is 0 Å². The van der Waals surface area contributed by atoms with Gasteiger partial charge in [-0.1, -0.05) is 30.3 Å². The van der Waals surface area contributed by atoms with Gasteiger partial charge in [-0.25, -0.2) is 0 Å². The van der Waals surface area contributed by atoms with Gasteiger partial charge in [0.2, 0.25) is 5.91 Å². The molecule has 0 aliphatic carbocycles. The third-order valence-corrected chi connectivity index (χ3v) is 3.00. The van der Waals surface area contributed by atoms with E-state index in [1.165, 1.54) is 0 Å². The lowest BCUT2D eigenvalue weighted by molar-refractivity contribution is -0.118. The van der Waals surface area contributed by atoms with E-state index in [9.17, 15) is 9.90 Å². The van der Waals surface area contributed by atoms with Crippen molar-refractivity contribution in [2.75, 3.05) is 13.6 Å². The summed E-state index contributed by atoms with van der Waals surface area (Å²) in [5.41, 5.74) is 5.98. The van der Waals surface area contributed by atoms with Gasteiger partial charge in [0, 0.05) is 19.0 Å². The first kappa shape index (κ1) is 13.7. The van der Waals surface area contributed by atoms with Crippen LogP contribution in [-0.4, -0.2) is 35.5 Å². The van der Waals surface area contributed by atoms with Gasteiger partial charge in [-0.05, 0) is 19.5 Å². The van der Waals surface area contributed by atoms with Crippen molar-refractivity contribution in [1.29, 1.82) is 0 Å². The number of hydrogen-bond acceptors (Lipinski definition) is 3. The fourth-order valence-corrected chi connectivity index (χ4v) is 1.66. The highest BCUT2D eigenvalue weighted by molar-refractivity contribution is 5.73. The first-order chi connectivity index (χ1) is 8.02. The van der Waals surface area contributed by atoms with Gasteiger partial charge >= 0.3 is 0 Å². The topological polar surface area (TPSA) is 66.6 Å². The molecule has 0 aromatic heterocycles. The predicted molar refractivity (Wildman–Crippen MR) is 67.3 cm³/mol. The Balaban J connectivity index is 2.57. The number of hydrogen-bond donors (Lipinski definition) is 2. The van der Waals surface area contributed by atoms with Crippen LogP contribution in [0.5, 0.6) is 0 Å². The molecule has 0 fully saturated rings. The molecule has 4 heteroatoms. The molecular formula is C13H20N2O2. The zero-order chi connectivity index (χ0) is 12.8. The molecule has 1 aromatic rings. The predicted octanol–water partition coefficient (Wildman–Crippen LogP) is 0.916. The second-order valence-electron chi connectivity index (χ2n) is 4.29. The van der Waals surface area contributed by atoms with E-state index in [0.29, 0.717) is 13.0 Å². The van der Waals surface area contributed by atoms with Crippen LogP contribution < -0.4 is 5.73 Å². The van der Waals surface area contributed by atoms with E-state index in [0.717, 1.165) is 5.56 Å². The van der Waals surface area contributed by atoms with Gasteiger partial charge in [0.25, 0.3) is 0 Å². The van der Waals surface area contributed by atoms with Gasteiger partial charge in [0.05, 0.1) is 6.10 Å². The zero-order valence-corrected chi connectivity index (χ0v) is 10.3. The molecule has 17 heavy (non-hydrogen) atoms. The Morgan fingerprint density at radius 2 is 2.00 bits per heavy atom. The van der Waals surface area contributed by atoms with Crippen LogP contribution in [0.15, 0.2) is 30.3 Å². The van der Waals surface area contributed by atoms with E-state index in [1.54, 1.807) is 0 Å². The van der Waals surface area contributed by atoms with Crippen LogP contribution in [0, 0.1) is 0 Å². The smallest absolute Gasteiger partial charge is 0.218 e. The molecule has 1 aromatic carbocycles. The van der Waals surface area contributed by atoms with Crippen molar-refractivity contribution in [3.05, 3.63) is 35.9 Å². The third-order valence-electron chi connectivity index (χ3n) is 3.00. The summed E-state index contributed by atoms with van der Waals surface area (Å²) in [6.07, 6.45) is -0.253. The van der Waals surface area contributed by atoms with Crippen LogP contribution >= 0.6 is 0 Å². The van der Waals surface area contributed by atoms with Crippen molar-refractivity contribution in [2.45, 2.75) is 25.5 Å². The van der Waals surface area contributed by atoms with Gasteiger partial charge in [-0.3, -0.25) is 4.79 Å². The molecule has 0 heterocycles. The van der Waals surface area contributed by atoms with Crippen LogP contribution in [0.25, 0.3) is 0 Å². The number of nitrogens with zero attached hydrogens (tertiary/aromatic N) is 1. The lowest BCUT2D eigenvalue weighted by Crippen LogP contribution is -2.36. The first-order valence-electron chi connectivity index (χ1n) is 5.74. The maximum Gasteiger partial charge on any atom is 0.218 e. The summed E-state index contributed by atoms with van der Waals surface area (Å²) >= 11 is 0. The summed E-state index contributed by atoms with van der Waals surface area (Å²) in [6.45, 7) is 2.49. The molecule has 0 spiro atoms. The Kier molecular flexibility index (Phi) is 5.12. The van der Waals surface area contributed by atoms with E-state index in [-0.39, 0.29) is 11.9 Å². The minimum atomic E-state index is -0.561. The van der Waals surface area contributed by atoms with Crippen molar-refractivity contribution < 1.29 is 9.90 Å². The Morgan fingerprint density at radius 3 is 2.53 bits per heavy atom. The molecule has 1 rings (SSSR count). The molecule has 0 aliphatic heterocycles. The van der Waals surface area contributed by atoms with E-state index in [2.05, 4.69) is 0 Å². The Labute approximate surface area is 102 Å². The first-order valence-corrected chi connectivity index (χ1v) is 5.74. The molecule has 0 aliphatic rings. The number of nitrogens with two attached hydrogens (primary N) is 1. The number of primary amides is 1. The third kappa shape index (κ3) is 4.17. The number of benzene rings is 1. The second kappa shape index (κ2) is 6.37. The number of aliphatic hydroxyl groups is 1. The fourth-order valence-electron chi connectivity index (χ4n) is 1.66. The van der Waals surface area contributed by atoms with Crippen LogP contribution in [0.2, 0.25) is 0 Å². The van der Waals surface area contributed by atoms with E-state index in [4.69, 9.17) is 5.73 Å². The number of likely N-dealkylation sites (N-methyl/N-ethyl adjacent to an activating group) is 1. The van der Waals surface area contributed by atoms with Crippen LogP contribution in [0.1, 0.15) is 25.0 Å². The van der Waals surface area contributed by atoms with E-state index in [1.807, 2.05) is 49.2 Å². The summed E-state index contributed by atoms with van der Waals surface area (Å²) in [7, 11) is 1.87. The summed E-state index contributed by atoms with van der Waals surface area (Å²) in [6, 6.07) is 9.43. The molecule has 2 unspecified atom stereocenters. The van der Waals surface area contributed by atoms with Crippen molar-refractivity contribution >= 4 is 5.91 Å². The largest absolute Gasteiger partial charge is 0.387 e. The quantitative estimate of drug-likeness (QED) is 0.771. The lowest BCUT2D eigenvalue weighted by Gasteiger charge is -2.28. The summed E-state index contributed by atoms with van der Waals surface area (Å²) in [4.78, 5) is 12.6. The van der Waals surface area contributed by atoms with E-state index >= 15 is 0 Å². The number of amides is 1. The minimum Gasteiger partial charge on any atom is -0.387 e. The van der Waals surface area contributed by atoms with Gasteiger partial charge in [-0.15, -0.1) is 0 Å². The Hall–Kier alpha value is -1.39. The van der Waals surface area contributed by atoms with Crippen molar-refractivity contribution in [3.8, 4) is 0 Å². The van der Waals surface area contributed by atoms with Gasteiger partial charge in [0.15, 0.2) is 0 Å². The molecule has 1 amide bonds. The molecule has 4 nitrogen and oxygen atoms in total. The molecule has 0 saturated carbocycles. The Bertz CT molecular complexity index is 354. The molecule has 0 saturated heterocycles. The molecule has 94 valence electrons. The molecule has 0 bridgehead atoms.